The molecule has 1 unspecified atom stereocenters. The molecule has 3 N–H and O–H groups in total. The van der Waals surface area contributed by atoms with Gasteiger partial charge in [0.2, 0.25) is 0 Å². The molecule has 0 fully saturated rings. The minimum absolute atomic E-state index is 0.00144. The van der Waals surface area contributed by atoms with Gasteiger partial charge >= 0.3 is 0 Å². The quantitative estimate of drug-likeness (QED) is 0.570. The molecule has 0 aliphatic heterocycles. The second-order valence-electron chi connectivity index (χ2n) is 2.55. The van der Waals surface area contributed by atoms with E-state index in [1.165, 1.54) is 0 Å². The van der Waals surface area contributed by atoms with Gasteiger partial charge in [-0.2, -0.15) is 0 Å². The Morgan fingerprint density at radius 1 is 1.64 bits per heavy atom. The Labute approximate surface area is 68.4 Å². The van der Waals surface area contributed by atoms with Gasteiger partial charge in [0.15, 0.2) is 0 Å². The van der Waals surface area contributed by atoms with E-state index < -0.39 is 0 Å². The molecule has 0 heterocycles. The Bertz CT molecular complexity index is 111. The van der Waals surface area contributed by atoms with Gasteiger partial charge in [-0.3, -0.25) is 0 Å². The van der Waals surface area contributed by atoms with E-state index in [0.29, 0.717) is 12.3 Å². The maximum atomic E-state index is 7.57. The van der Waals surface area contributed by atoms with E-state index in [2.05, 4.69) is 0 Å². The highest BCUT2D eigenvalue weighted by Crippen LogP contribution is 2.02. The number of rotatable bonds is 6. The van der Waals surface area contributed by atoms with E-state index in [0.717, 1.165) is 19.3 Å². The summed E-state index contributed by atoms with van der Waals surface area (Å²) in [7, 11) is 1.64. The van der Waals surface area contributed by atoms with Crippen LogP contribution in [-0.2, 0) is 4.74 Å². The fourth-order valence-electron chi connectivity index (χ4n) is 1.01. The van der Waals surface area contributed by atoms with Crippen LogP contribution in [0.1, 0.15) is 26.2 Å². The Hall–Kier alpha value is -0.410. The monoisotopic (exact) mass is 158 g/mol. The zero-order valence-corrected chi connectivity index (χ0v) is 7.39. The summed E-state index contributed by atoms with van der Waals surface area (Å²) in [5.41, 5.74) is 5.99. The maximum Gasteiger partial charge on any atom is 0.0942 e. The Morgan fingerprint density at radius 2 is 2.27 bits per heavy atom. The van der Waals surface area contributed by atoms with Crippen molar-refractivity contribution in [2.75, 3.05) is 13.7 Å². The number of nitrogens with two attached hydrogens (primary N) is 1. The number of hydrogen-bond donors (Lipinski definition) is 2. The summed E-state index contributed by atoms with van der Waals surface area (Å²) >= 11 is 0. The van der Waals surface area contributed by atoms with Crippen molar-refractivity contribution in [3.05, 3.63) is 0 Å². The largest absolute Gasteiger partial charge is 0.376 e. The number of nitrogens with one attached hydrogen (secondary N) is 1. The van der Waals surface area contributed by atoms with Crippen molar-refractivity contribution >= 4 is 5.71 Å². The third-order valence-corrected chi connectivity index (χ3v) is 1.69. The van der Waals surface area contributed by atoms with Crippen LogP contribution >= 0.6 is 0 Å². The van der Waals surface area contributed by atoms with Gasteiger partial charge in [0.1, 0.15) is 0 Å². The maximum absolute atomic E-state index is 7.57. The molecule has 0 amide bonds. The smallest absolute Gasteiger partial charge is 0.0942 e. The van der Waals surface area contributed by atoms with E-state index in [4.69, 9.17) is 15.9 Å². The lowest BCUT2D eigenvalue weighted by molar-refractivity contribution is 0.150. The zero-order chi connectivity index (χ0) is 8.69. The van der Waals surface area contributed by atoms with Crippen LogP contribution in [0, 0.1) is 5.41 Å². The molecule has 0 spiro atoms. The standard InChI is InChI=1S/C8H18N2O/c1-3-8(11-2)7(10)5-4-6-9/h8,10H,3-6,9H2,1-2H3. The Morgan fingerprint density at radius 3 is 2.64 bits per heavy atom. The Kier molecular flexibility index (Phi) is 6.07. The summed E-state index contributed by atoms with van der Waals surface area (Å²) < 4.78 is 5.09. The first-order valence-electron chi connectivity index (χ1n) is 4.06. The highest BCUT2D eigenvalue weighted by atomic mass is 16.5. The molecule has 3 heteroatoms. The topological polar surface area (TPSA) is 59.1 Å². The average molecular weight is 158 g/mol. The van der Waals surface area contributed by atoms with Gasteiger partial charge < -0.3 is 15.9 Å². The Balaban J connectivity index is 3.61. The zero-order valence-electron chi connectivity index (χ0n) is 7.39. The summed E-state index contributed by atoms with van der Waals surface area (Å²) in [5, 5.41) is 7.57. The van der Waals surface area contributed by atoms with Gasteiger partial charge in [0.05, 0.1) is 6.10 Å². The molecule has 0 aromatic heterocycles. The minimum Gasteiger partial charge on any atom is -0.376 e. The first-order chi connectivity index (χ1) is 5.26. The molecule has 0 bridgehead atoms. The van der Waals surface area contributed by atoms with Crippen molar-refractivity contribution in [2.45, 2.75) is 32.3 Å². The molecule has 0 aliphatic carbocycles. The van der Waals surface area contributed by atoms with E-state index in [-0.39, 0.29) is 6.10 Å². The fraction of sp³-hybridized carbons (Fsp3) is 0.875. The van der Waals surface area contributed by atoms with Crippen LogP contribution in [0.25, 0.3) is 0 Å². The van der Waals surface area contributed by atoms with Gasteiger partial charge in [-0.05, 0) is 25.8 Å². The SMILES string of the molecule is CCC(OC)C(=N)CCCN. The van der Waals surface area contributed by atoms with Crippen LogP contribution in [-0.4, -0.2) is 25.5 Å². The van der Waals surface area contributed by atoms with Gasteiger partial charge in [0.25, 0.3) is 0 Å². The number of ether oxygens (including phenoxy) is 1. The highest BCUT2D eigenvalue weighted by molar-refractivity contribution is 5.85. The second-order valence-corrected chi connectivity index (χ2v) is 2.55. The van der Waals surface area contributed by atoms with Crippen LogP contribution in [0.2, 0.25) is 0 Å². The predicted octanol–water partition coefficient (Wildman–Crippen LogP) is 1.17. The summed E-state index contributed by atoms with van der Waals surface area (Å²) in [6.07, 6.45) is 2.53. The number of methoxy groups -OCH3 is 1. The first-order valence-corrected chi connectivity index (χ1v) is 4.06. The third kappa shape index (κ3) is 4.11. The van der Waals surface area contributed by atoms with Crippen LogP contribution in [0.5, 0.6) is 0 Å². The first kappa shape index (κ1) is 10.6. The molecule has 0 aromatic rings. The molecule has 0 aliphatic rings. The van der Waals surface area contributed by atoms with Crippen molar-refractivity contribution in [2.24, 2.45) is 5.73 Å². The molecule has 11 heavy (non-hydrogen) atoms. The van der Waals surface area contributed by atoms with Gasteiger partial charge in [-0.25, -0.2) is 0 Å². The summed E-state index contributed by atoms with van der Waals surface area (Å²) in [4.78, 5) is 0. The van der Waals surface area contributed by atoms with E-state index in [1.54, 1.807) is 7.11 Å². The van der Waals surface area contributed by atoms with E-state index in [9.17, 15) is 0 Å². The van der Waals surface area contributed by atoms with Crippen molar-refractivity contribution in [3.63, 3.8) is 0 Å². The summed E-state index contributed by atoms with van der Waals surface area (Å²) in [6, 6.07) is 0. The summed E-state index contributed by atoms with van der Waals surface area (Å²) in [5.74, 6) is 0. The average Bonchev–Trinajstić information content (AvgIpc) is 2.03. The number of hydrogen-bond acceptors (Lipinski definition) is 3. The van der Waals surface area contributed by atoms with Gasteiger partial charge in [0, 0.05) is 12.8 Å². The highest BCUT2D eigenvalue weighted by Gasteiger charge is 2.09. The summed E-state index contributed by atoms with van der Waals surface area (Å²) in [6.45, 7) is 2.67. The second kappa shape index (κ2) is 6.31. The fourth-order valence-corrected chi connectivity index (χ4v) is 1.01. The van der Waals surface area contributed by atoms with Crippen LogP contribution in [0.3, 0.4) is 0 Å². The van der Waals surface area contributed by atoms with Crippen molar-refractivity contribution in [3.8, 4) is 0 Å². The minimum atomic E-state index is 0.00144. The van der Waals surface area contributed by atoms with Crippen LogP contribution in [0.4, 0.5) is 0 Å². The molecule has 66 valence electrons. The molecule has 0 radical (unpaired) electrons. The van der Waals surface area contributed by atoms with E-state index in [1.807, 2.05) is 6.92 Å². The van der Waals surface area contributed by atoms with Crippen LogP contribution in [0.15, 0.2) is 0 Å². The van der Waals surface area contributed by atoms with Crippen LogP contribution < -0.4 is 5.73 Å². The van der Waals surface area contributed by atoms with Crippen molar-refractivity contribution in [1.29, 1.82) is 5.41 Å². The van der Waals surface area contributed by atoms with Crippen molar-refractivity contribution in [1.82, 2.24) is 0 Å². The van der Waals surface area contributed by atoms with Crippen molar-refractivity contribution < 1.29 is 4.74 Å². The van der Waals surface area contributed by atoms with E-state index >= 15 is 0 Å². The normalized spacial score (nSPS) is 13.0. The lowest BCUT2D eigenvalue weighted by Gasteiger charge is -2.13. The molecule has 0 aromatic carbocycles. The molecular weight excluding hydrogens is 140 g/mol. The predicted molar refractivity (Wildman–Crippen MR) is 47.1 cm³/mol. The molecule has 0 saturated heterocycles. The van der Waals surface area contributed by atoms with Gasteiger partial charge in [-0.15, -0.1) is 0 Å². The molecule has 0 saturated carbocycles. The molecule has 1 atom stereocenters. The van der Waals surface area contributed by atoms with Gasteiger partial charge in [-0.1, -0.05) is 6.92 Å². The third-order valence-electron chi connectivity index (χ3n) is 1.69. The molecule has 3 nitrogen and oxygen atoms in total. The lowest BCUT2D eigenvalue weighted by Crippen LogP contribution is -2.21. The molecular formula is C8H18N2O. The lowest BCUT2D eigenvalue weighted by atomic mass is 10.1. The molecule has 0 rings (SSSR count).